The third kappa shape index (κ3) is 4.21. The Morgan fingerprint density at radius 3 is 2.62 bits per heavy atom. The number of hydrogen-bond acceptors (Lipinski definition) is 6. The molecule has 1 aliphatic rings. The first-order chi connectivity index (χ1) is 14.0. The minimum absolute atomic E-state index is 0.0636. The molecular formula is C21H20N4O2S2. The normalized spacial score (nSPS) is 17.9. The van der Waals surface area contributed by atoms with Crippen LogP contribution in [0.3, 0.4) is 0 Å². The first kappa shape index (κ1) is 19.7. The van der Waals surface area contributed by atoms with E-state index in [1.807, 2.05) is 48.0 Å². The lowest BCUT2D eigenvalue weighted by Crippen LogP contribution is -2.09. The molecule has 1 aliphatic heterocycles. The van der Waals surface area contributed by atoms with Crippen LogP contribution in [0.5, 0.6) is 0 Å². The number of thioether (sulfide) groups is 1. The minimum Gasteiger partial charge on any atom is -0.309 e. The zero-order chi connectivity index (χ0) is 20.4. The summed E-state index contributed by atoms with van der Waals surface area (Å²) in [7, 11) is -1.05. The molecule has 8 heteroatoms. The van der Waals surface area contributed by atoms with Crippen molar-refractivity contribution >= 4 is 21.6 Å². The molecule has 2 heterocycles. The number of benzene rings is 2. The Morgan fingerprint density at radius 2 is 1.93 bits per heavy atom. The van der Waals surface area contributed by atoms with Gasteiger partial charge in [0, 0.05) is 18.7 Å². The molecule has 0 bridgehead atoms. The lowest BCUT2D eigenvalue weighted by Gasteiger charge is -2.08. The van der Waals surface area contributed by atoms with Crippen molar-refractivity contribution in [2.45, 2.75) is 23.2 Å². The summed E-state index contributed by atoms with van der Waals surface area (Å²) < 4.78 is 25.4. The van der Waals surface area contributed by atoms with Gasteiger partial charge in [0.15, 0.2) is 15.0 Å². The van der Waals surface area contributed by atoms with Crippen molar-refractivity contribution in [2.24, 2.45) is 7.05 Å². The van der Waals surface area contributed by atoms with Gasteiger partial charge in [-0.2, -0.15) is 5.26 Å². The second-order valence-electron chi connectivity index (χ2n) is 7.14. The Labute approximate surface area is 174 Å². The molecule has 1 fully saturated rings. The summed E-state index contributed by atoms with van der Waals surface area (Å²) in [4.78, 5) is 0. The average Bonchev–Trinajstić information content (AvgIpc) is 3.28. The van der Waals surface area contributed by atoms with Gasteiger partial charge in [0.25, 0.3) is 0 Å². The van der Waals surface area contributed by atoms with E-state index >= 15 is 0 Å². The van der Waals surface area contributed by atoms with E-state index in [4.69, 9.17) is 0 Å². The maximum absolute atomic E-state index is 11.7. The van der Waals surface area contributed by atoms with Gasteiger partial charge in [-0.15, -0.1) is 10.2 Å². The van der Waals surface area contributed by atoms with Crippen molar-refractivity contribution in [3.63, 3.8) is 0 Å². The van der Waals surface area contributed by atoms with Crippen LogP contribution in [0.25, 0.3) is 11.1 Å². The number of nitrogens with zero attached hydrogens (tertiary/aromatic N) is 4. The van der Waals surface area contributed by atoms with Gasteiger partial charge < -0.3 is 4.57 Å². The second-order valence-corrected chi connectivity index (χ2v) is 10.3. The Morgan fingerprint density at radius 1 is 1.17 bits per heavy atom. The molecule has 0 aliphatic carbocycles. The highest BCUT2D eigenvalue weighted by atomic mass is 32.2. The van der Waals surface area contributed by atoms with Crippen LogP contribution in [0.15, 0.2) is 53.7 Å². The molecule has 1 aromatic heterocycles. The van der Waals surface area contributed by atoms with Gasteiger partial charge in [0.2, 0.25) is 0 Å². The van der Waals surface area contributed by atoms with Crippen molar-refractivity contribution in [1.82, 2.24) is 14.8 Å². The van der Waals surface area contributed by atoms with Gasteiger partial charge in [0.05, 0.1) is 23.1 Å². The zero-order valence-electron chi connectivity index (χ0n) is 15.9. The van der Waals surface area contributed by atoms with Crippen molar-refractivity contribution in [3.05, 3.63) is 65.5 Å². The van der Waals surface area contributed by atoms with E-state index in [2.05, 4.69) is 28.4 Å². The Balaban J connectivity index is 1.44. The Hall–Kier alpha value is -2.63. The van der Waals surface area contributed by atoms with E-state index < -0.39 is 9.84 Å². The summed E-state index contributed by atoms with van der Waals surface area (Å²) in [6.07, 6.45) is 0.616. The van der Waals surface area contributed by atoms with Crippen LogP contribution in [0, 0.1) is 11.3 Å². The maximum Gasteiger partial charge on any atom is 0.191 e. The third-order valence-corrected chi connectivity index (χ3v) is 8.01. The fraction of sp³-hybridized carbons (Fsp3) is 0.286. The number of aromatic nitrogens is 3. The molecule has 0 spiro atoms. The third-order valence-electron chi connectivity index (χ3n) is 5.15. The molecular weight excluding hydrogens is 404 g/mol. The molecule has 1 saturated heterocycles. The predicted octanol–water partition coefficient (Wildman–Crippen LogP) is 3.55. The summed E-state index contributed by atoms with van der Waals surface area (Å²) in [5.41, 5.74) is 3.74. The Bertz CT molecular complexity index is 1180. The molecule has 0 amide bonds. The highest BCUT2D eigenvalue weighted by Crippen LogP contribution is 2.30. The monoisotopic (exact) mass is 424 g/mol. The number of rotatable bonds is 5. The van der Waals surface area contributed by atoms with Crippen LogP contribution in [0.1, 0.15) is 29.3 Å². The van der Waals surface area contributed by atoms with E-state index in [0.29, 0.717) is 12.0 Å². The molecule has 4 rings (SSSR count). The number of sulfone groups is 1. The van der Waals surface area contributed by atoms with E-state index in [1.165, 1.54) is 0 Å². The van der Waals surface area contributed by atoms with E-state index in [9.17, 15) is 13.7 Å². The summed E-state index contributed by atoms with van der Waals surface area (Å²) in [5, 5.41) is 18.6. The predicted molar refractivity (Wildman–Crippen MR) is 113 cm³/mol. The highest BCUT2D eigenvalue weighted by Gasteiger charge is 2.32. The maximum atomic E-state index is 11.7. The van der Waals surface area contributed by atoms with E-state index in [-0.39, 0.29) is 17.4 Å². The van der Waals surface area contributed by atoms with Crippen molar-refractivity contribution in [1.29, 1.82) is 5.26 Å². The summed E-state index contributed by atoms with van der Waals surface area (Å²) in [6, 6.07) is 18.0. The van der Waals surface area contributed by atoms with Crippen molar-refractivity contribution in [3.8, 4) is 17.2 Å². The molecule has 3 aromatic rings. The topological polar surface area (TPSA) is 88.6 Å². The fourth-order valence-corrected chi connectivity index (χ4v) is 6.18. The zero-order valence-corrected chi connectivity index (χ0v) is 17.6. The molecule has 0 saturated carbocycles. The van der Waals surface area contributed by atoms with Gasteiger partial charge in [-0.05, 0) is 29.2 Å². The van der Waals surface area contributed by atoms with Crippen LogP contribution in [-0.2, 0) is 22.6 Å². The van der Waals surface area contributed by atoms with Gasteiger partial charge in [0.1, 0.15) is 5.82 Å². The largest absolute Gasteiger partial charge is 0.309 e. The summed E-state index contributed by atoms with van der Waals surface area (Å²) in [6.45, 7) is 0. The molecule has 6 nitrogen and oxygen atoms in total. The van der Waals surface area contributed by atoms with Gasteiger partial charge in [-0.3, -0.25) is 0 Å². The van der Waals surface area contributed by atoms with E-state index in [1.54, 1.807) is 11.8 Å². The fourth-order valence-electron chi connectivity index (χ4n) is 3.57. The van der Waals surface area contributed by atoms with Gasteiger partial charge in [-0.1, -0.05) is 54.2 Å². The first-order valence-electron chi connectivity index (χ1n) is 9.28. The standard InChI is InChI=1S/C21H20N4O2S2/c1-25-20(18-10-11-29(26,27)14-18)23-24-21(25)28-13-15-6-8-16(9-7-15)19-5-3-2-4-17(19)12-22/h2-9,18H,10-11,13-14H2,1H3/t18-/m1/s1. The smallest absolute Gasteiger partial charge is 0.191 e. The van der Waals surface area contributed by atoms with Crippen molar-refractivity contribution < 1.29 is 8.42 Å². The first-order valence-corrected chi connectivity index (χ1v) is 12.1. The van der Waals surface area contributed by atoms with Crippen LogP contribution in [0.2, 0.25) is 0 Å². The second kappa shape index (κ2) is 8.01. The lowest BCUT2D eigenvalue weighted by molar-refractivity contribution is 0.599. The molecule has 0 N–H and O–H groups in total. The molecule has 2 aromatic carbocycles. The quantitative estimate of drug-likeness (QED) is 0.582. The summed E-state index contributed by atoms with van der Waals surface area (Å²) >= 11 is 1.58. The van der Waals surface area contributed by atoms with E-state index in [0.717, 1.165) is 33.4 Å². The van der Waals surface area contributed by atoms with Crippen LogP contribution in [-0.4, -0.2) is 34.7 Å². The van der Waals surface area contributed by atoms with Crippen molar-refractivity contribution in [2.75, 3.05) is 11.5 Å². The molecule has 0 radical (unpaired) electrons. The number of hydrogen-bond donors (Lipinski definition) is 0. The minimum atomic E-state index is -2.95. The van der Waals surface area contributed by atoms with Gasteiger partial charge >= 0.3 is 0 Å². The lowest BCUT2D eigenvalue weighted by atomic mass is 10.00. The average molecular weight is 425 g/mol. The number of nitriles is 1. The summed E-state index contributed by atoms with van der Waals surface area (Å²) in [5.74, 6) is 1.81. The van der Waals surface area contributed by atoms with Gasteiger partial charge in [-0.25, -0.2) is 8.42 Å². The molecule has 148 valence electrons. The SMILES string of the molecule is Cn1c(SCc2ccc(-c3ccccc3C#N)cc2)nnc1[C@@H]1CCS(=O)(=O)C1. The van der Waals surface area contributed by atoms with Crippen LogP contribution < -0.4 is 0 Å². The highest BCUT2D eigenvalue weighted by molar-refractivity contribution is 7.98. The molecule has 29 heavy (non-hydrogen) atoms. The molecule has 1 atom stereocenters. The van der Waals surface area contributed by atoms with Crippen LogP contribution >= 0.6 is 11.8 Å². The molecule has 0 unspecified atom stereocenters. The Kier molecular flexibility index (Phi) is 5.43. The van der Waals surface area contributed by atoms with Crippen LogP contribution in [0.4, 0.5) is 0 Å².